The molecule has 0 unspecified atom stereocenters. The summed E-state index contributed by atoms with van der Waals surface area (Å²) in [6.45, 7) is 0.411. The molecule has 150 valence electrons. The van der Waals surface area contributed by atoms with E-state index >= 15 is 0 Å². The van der Waals surface area contributed by atoms with Gasteiger partial charge in [0.25, 0.3) is 15.9 Å². The van der Waals surface area contributed by atoms with E-state index in [9.17, 15) is 26.8 Å². The highest BCUT2D eigenvalue weighted by atomic mass is 32.2. The molecule has 0 bridgehead atoms. The van der Waals surface area contributed by atoms with E-state index < -0.39 is 46.2 Å². The van der Waals surface area contributed by atoms with Gasteiger partial charge in [-0.05, 0) is 43.3 Å². The minimum absolute atomic E-state index is 0.0845. The summed E-state index contributed by atoms with van der Waals surface area (Å²) in [5.74, 6) is -3.11. The van der Waals surface area contributed by atoms with Gasteiger partial charge in [-0.15, -0.1) is 0 Å². The number of amides is 1. The second kappa shape index (κ2) is 9.35. The van der Waals surface area contributed by atoms with Gasteiger partial charge in [-0.3, -0.25) is 9.63 Å². The Morgan fingerprint density at radius 1 is 1.07 bits per heavy atom. The van der Waals surface area contributed by atoms with E-state index in [0.29, 0.717) is 0 Å². The van der Waals surface area contributed by atoms with Crippen molar-refractivity contribution < 1.29 is 36.4 Å². The summed E-state index contributed by atoms with van der Waals surface area (Å²) in [5, 5.41) is 2.25. The van der Waals surface area contributed by atoms with Crippen molar-refractivity contribution in [2.75, 3.05) is 11.9 Å². The van der Waals surface area contributed by atoms with Gasteiger partial charge in [-0.1, -0.05) is 17.0 Å². The smallest absolute Gasteiger partial charge is 0.335 e. The van der Waals surface area contributed by atoms with Crippen LogP contribution in [-0.4, -0.2) is 33.0 Å². The van der Waals surface area contributed by atoms with Crippen LogP contribution in [0.5, 0.6) is 0 Å². The number of carbonyl (C=O) groups is 2. The molecule has 0 aliphatic rings. The Hall–Kier alpha value is -2.89. The molecular formula is C17H16F2N2O6S. The van der Waals surface area contributed by atoms with Crippen molar-refractivity contribution in [3.8, 4) is 0 Å². The average Bonchev–Trinajstić information content (AvgIpc) is 2.63. The van der Waals surface area contributed by atoms with Crippen LogP contribution in [-0.2, 0) is 29.2 Å². The summed E-state index contributed by atoms with van der Waals surface area (Å²) in [7, 11) is -4.13. The van der Waals surface area contributed by atoms with Crippen LogP contribution in [0.25, 0.3) is 0 Å². The van der Waals surface area contributed by atoms with Gasteiger partial charge >= 0.3 is 5.97 Å². The fourth-order valence-corrected chi connectivity index (χ4v) is 2.71. The number of nitrogens with one attached hydrogen (secondary N) is 2. The van der Waals surface area contributed by atoms with Crippen molar-refractivity contribution in [1.29, 1.82) is 0 Å². The van der Waals surface area contributed by atoms with Crippen LogP contribution in [0.1, 0.15) is 6.92 Å². The normalized spacial score (nSPS) is 12.2. The quantitative estimate of drug-likeness (QED) is 0.503. The Morgan fingerprint density at radius 3 is 2.36 bits per heavy atom. The summed E-state index contributed by atoms with van der Waals surface area (Å²) < 4.78 is 54.8. The predicted molar refractivity (Wildman–Crippen MR) is 93.3 cm³/mol. The molecule has 0 saturated carbocycles. The fraction of sp³-hybridized carbons (Fsp3) is 0.176. The molecule has 2 aromatic carbocycles. The first-order chi connectivity index (χ1) is 13.2. The number of ether oxygens (including phenoxy) is 1. The first-order valence-corrected chi connectivity index (χ1v) is 9.31. The van der Waals surface area contributed by atoms with Gasteiger partial charge in [0.2, 0.25) is 0 Å². The van der Waals surface area contributed by atoms with Gasteiger partial charge in [-0.2, -0.15) is 0 Å². The van der Waals surface area contributed by atoms with E-state index in [2.05, 4.69) is 10.2 Å². The lowest BCUT2D eigenvalue weighted by atomic mass is 10.3. The van der Waals surface area contributed by atoms with Crippen LogP contribution in [0.4, 0.5) is 14.5 Å². The number of rotatable bonds is 8. The first kappa shape index (κ1) is 21.4. The van der Waals surface area contributed by atoms with Gasteiger partial charge in [0.15, 0.2) is 12.7 Å². The van der Waals surface area contributed by atoms with Crippen molar-refractivity contribution in [1.82, 2.24) is 4.89 Å². The molecule has 0 aliphatic heterocycles. The van der Waals surface area contributed by atoms with E-state index in [4.69, 9.17) is 4.74 Å². The van der Waals surface area contributed by atoms with Crippen LogP contribution < -0.4 is 10.2 Å². The molecule has 0 aliphatic carbocycles. The minimum atomic E-state index is -4.13. The number of sulfonamides is 1. The lowest BCUT2D eigenvalue weighted by Crippen LogP contribution is -2.33. The minimum Gasteiger partial charge on any atom is -0.451 e. The third-order valence-corrected chi connectivity index (χ3v) is 4.52. The van der Waals surface area contributed by atoms with Crippen molar-refractivity contribution >= 4 is 27.6 Å². The van der Waals surface area contributed by atoms with Gasteiger partial charge in [-0.25, -0.2) is 22.0 Å². The zero-order valence-electron chi connectivity index (χ0n) is 14.5. The number of hydrogen-bond acceptors (Lipinski definition) is 6. The summed E-state index contributed by atoms with van der Waals surface area (Å²) in [4.78, 5) is 29.5. The molecule has 11 heteroatoms. The monoisotopic (exact) mass is 414 g/mol. The molecule has 8 nitrogen and oxygen atoms in total. The first-order valence-electron chi connectivity index (χ1n) is 7.83. The van der Waals surface area contributed by atoms with E-state index in [-0.39, 0.29) is 10.6 Å². The third kappa shape index (κ3) is 6.08. The molecule has 1 atom stereocenters. The number of halogens is 2. The Morgan fingerprint density at radius 2 is 1.71 bits per heavy atom. The maximum absolute atomic E-state index is 13.5. The van der Waals surface area contributed by atoms with Crippen LogP contribution >= 0.6 is 0 Å². The van der Waals surface area contributed by atoms with E-state index in [1.807, 2.05) is 0 Å². The van der Waals surface area contributed by atoms with Crippen LogP contribution in [0.3, 0.4) is 0 Å². The third-order valence-electron chi connectivity index (χ3n) is 3.29. The molecule has 2 N–H and O–H groups in total. The summed E-state index contributed by atoms with van der Waals surface area (Å²) >= 11 is 0. The Bertz CT molecular complexity index is 950. The highest BCUT2D eigenvalue weighted by Crippen LogP contribution is 2.13. The van der Waals surface area contributed by atoms with E-state index in [1.165, 1.54) is 25.1 Å². The second-order valence-corrected chi connectivity index (χ2v) is 7.08. The highest BCUT2D eigenvalue weighted by Gasteiger charge is 2.20. The maximum Gasteiger partial charge on any atom is 0.335 e. The molecule has 0 fully saturated rings. The van der Waals surface area contributed by atoms with Crippen molar-refractivity contribution in [3.63, 3.8) is 0 Å². The molecule has 0 spiro atoms. The number of para-hydroxylation sites is 1. The predicted octanol–water partition coefficient (Wildman–Crippen LogP) is 1.75. The lowest BCUT2D eigenvalue weighted by molar-refractivity contribution is -0.158. The molecule has 0 saturated heterocycles. The fourth-order valence-electron chi connectivity index (χ4n) is 1.91. The van der Waals surface area contributed by atoms with E-state index in [1.54, 1.807) is 4.89 Å². The van der Waals surface area contributed by atoms with Gasteiger partial charge in [0.05, 0.1) is 10.6 Å². The average molecular weight is 414 g/mol. The van der Waals surface area contributed by atoms with Gasteiger partial charge in [0, 0.05) is 0 Å². The molecule has 2 rings (SSSR count). The number of hydrogen-bond donors (Lipinski definition) is 2. The van der Waals surface area contributed by atoms with Crippen LogP contribution in [0, 0.1) is 11.6 Å². The maximum atomic E-state index is 13.5. The SMILES string of the molecule is C[C@H](OC(=O)CONS(=O)(=O)c1ccc(F)cc1)C(=O)Nc1ccccc1F. The molecule has 28 heavy (non-hydrogen) atoms. The molecule has 0 aromatic heterocycles. The van der Waals surface area contributed by atoms with Crippen LogP contribution in [0.15, 0.2) is 53.4 Å². The molecular weight excluding hydrogens is 398 g/mol. The summed E-state index contributed by atoms with van der Waals surface area (Å²) in [5.41, 5.74) is -0.0845. The number of benzene rings is 2. The largest absolute Gasteiger partial charge is 0.451 e. The zero-order chi connectivity index (χ0) is 20.7. The molecule has 0 radical (unpaired) electrons. The lowest BCUT2D eigenvalue weighted by Gasteiger charge is -2.14. The second-order valence-electron chi connectivity index (χ2n) is 5.43. The highest BCUT2D eigenvalue weighted by molar-refractivity contribution is 7.89. The number of esters is 1. The van der Waals surface area contributed by atoms with Gasteiger partial charge in [0.1, 0.15) is 11.6 Å². The van der Waals surface area contributed by atoms with Crippen molar-refractivity contribution in [3.05, 3.63) is 60.2 Å². The molecule has 2 aromatic rings. The number of carbonyl (C=O) groups excluding carboxylic acids is 2. The van der Waals surface area contributed by atoms with Crippen molar-refractivity contribution in [2.24, 2.45) is 0 Å². The summed E-state index contributed by atoms with van der Waals surface area (Å²) in [6, 6.07) is 9.33. The van der Waals surface area contributed by atoms with Crippen molar-refractivity contribution in [2.45, 2.75) is 17.9 Å². The number of anilines is 1. The topological polar surface area (TPSA) is 111 Å². The van der Waals surface area contributed by atoms with E-state index in [0.717, 1.165) is 30.3 Å². The summed E-state index contributed by atoms with van der Waals surface area (Å²) in [6.07, 6.45) is -1.29. The van der Waals surface area contributed by atoms with Crippen LogP contribution in [0.2, 0.25) is 0 Å². The van der Waals surface area contributed by atoms with Gasteiger partial charge < -0.3 is 10.1 Å². The zero-order valence-corrected chi connectivity index (χ0v) is 15.3. The Kier molecular flexibility index (Phi) is 7.15. The molecule has 0 heterocycles. The molecule has 1 amide bonds. The standard InChI is InChI=1S/C17H16F2N2O6S/c1-11(17(23)20-15-5-3-2-4-14(15)19)27-16(22)10-26-21-28(24,25)13-8-6-12(18)7-9-13/h2-9,11,21H,10H2,1H3,(H,20,23)/t11-/m0/s1. The Labute approximate surface area is 159 Å². The Balaban J connectivity index is 1.80.